The van der Waals surface area contributed by atoms with Crippen LogP contribution in [-0.4, -0.2) is 67.4 Å². The fourth-order valence-electron chi connectivity index (χ4n) is 2.86. The third kappa shape index (κ3) is 5.18. The van der Waals surface area contributed by atoms with Gasteiger partial charge >= 0.3 is 0 Å². The molecule has 8 nitrogen and oxygen atoms in total. The minimum Gasteiger partial charge on any atom is -0.633 e. The van der Waals surface area contributed by atoms with Crippen molar-refractivity contribution < 1.29 is 17.9 Å². The van der Waals surface area contributed by atoms with Crippen molar-refractivity contribution >= 4 is 27.3 Å². The molecule has 2 heterocycles. The summed E-state index contributed by atoms with van der Waals surface area (Å²) in [6.07, 6.45) is 2.80. The Kier molecular flexibility index (Phi) is 6.04. The molecule has 1 aromatic carbocycles. The Morgan fingerprint density at radius 1 is 1.37 bits per heavy atom. The van der Waals surface area contributed by atoms with Crippen molar-refractivity contribution in [2.75, 3.05) is 33.2 Å². The summed E-state index contributed by atoms with van der Waals surface area (Å²) in [6.45, 7) is 0.596. The Morgan fingerprint density at radius 3 is 2.63 bits per heavy atom. The van der Waals surface area contributed by atoms with Crippen LogP contribution in [-0.2, 0) is 16.6 Å². The fraction of sp³-hybridized carbons (Fsp3) is 0.412. The van der Waals surface area contributed by atoms with Crippen LogP contribution in [0.25, 0.3) is 0 Å². The van der Waals surface area contributed by atoms with E-state index in [0.717, 1.165) is 16.9 Å². The number of Topliss-reactive ketones (excluding diaryl/α,β-unsaturated/α-hetero) is 1. The molecule has 0 aliphatic carbocycles. The van der Waals surface area contributed by atoms with Gasteiger partial charge in [0.1, 0.15) is 6.20 Å². The lowest BCUT2D eigenvalue weighted by atomic mass is 10.0. The number of carbonyl (C=O) groups excluding carboxylic acids is 1. The lowest BCUT2D eigenvalue weighted by Crippen LogP contribution is -2.58. The predicted molar refractivity (Wildman–Crippen MR) is 102 cm³/mol. The van der Waals surface area contributed by atoms with Crippen molar-refractivity contribution in [2.24, 2.45) is 0 Å². The zero-order valence-corrected chi connectivity index (χ0v) is 16.5. The predicted octanol–water partition coefficient (Wildman–Crippen LogP) is 0.832. The molecular weight excluding hydrogens is 388 g/mol. The van der Waals surface area contributed by atoms with Crippen LogP contribution in [0.3, 0.4) is 0 Å². The summed E-state index contributed by atoms with van der Waals surface area (Å²) in [6, 6.07) is 8.21. The van der Waals surface area contributed by atoms with Crippen LogP contribution in [0.4, 0.5) is 0 Å². The topological polar surface area (TPSA) is 102 Å². The van der Waals surface area contributed by atoms with Gasteiger partial charge in [-0.2, -0.15) is 17.4 Å². The lowest BCUT2D eigenvalue weighted by Gasteiger charge is -2.44. The van der Waals surface area contributed by atoms with Gasteiger partial charge in [-0.05, 0) is 12.0 Å². The summed E-state index contributed by atoms with van der Waals surface area (Å²) in [5.41, 5.74) is 0.835. The number of hydroxylamine groups is 3. The maximum atomic E-state index is 12.8. The molecule has 0 amide bonds. The highest BCUT2D eigenvalue weighted by molar-refractivity contribution is 7.87. The number of benzene rings is 1. The average Bonchev–Trinajstić information content (AvgIpc) is 3.15. The molecule has 145 valence electrons. The minimum atomic E-state index is -3.91. The van der Waals surface area contributed by atoms with Gasteiger partial charge in [0.2, 0.25) is 5.78 Å². The Bertz CT molecular complexity index is 860. The average molecular weight is 410 g/mol. The van der Waals surface area contributed by atoms with Gasteiger partial charge in [0, 0.05) is 5.38 Å². The number of quaternary nitrogens is 1. The summed E-state index contributed by atoms with van der Waals surface area (Å²) < 4.78 is 28.9. The van der Waals surface area contributed by atoms with E-state index < -0.39 is 26.7 Å². The smallest absolute Gasteiger partial charge is 0.280 e. The first-order valence-electron chi connectivity index (χ1n) is 8.49. The third-order valence-electron chi connectivity index (χ3n) is 4.48. The number of nitrogens with one attached hydrogen (secondary N) is 1. The van der Waals surface area contributed by atoms with Crippen LogP contribution < -0.4 is 4.72 Å². The molecule has 0 saturated carbocycles. The molecule has 1 aliphatic heterocycles. The monoisotopic (exact) mass is 409 g/mol. The summed E-state index contributed by atoms with van der Waals surface area (Å²) >= 11 is 1.12. The van der Waals surface area contributed by atoms with Crippen LogP contribution in [0.2, 0.25) is 0 Å². The molecule has 1 fully saturated rings. The van der Waals surface area contributed by atoms with Crippen molar-refractivity contribution in [3.8, 4) is 0 Å². The van der Waals surface area contributed by atoms with Gasteiger partial charge in [0.25, 0.3) is 10.2 Å². The summed E-state index contributed by atoms with van der Waals surface area (Å²) in [5, 5.41) is 13.7. The van der Waals surface area contributed by atoms with Crippen molar-refractivity contribution in [3.05, 3.63) is 57.7 Å². The highest BCUT2D eigenvalue weighted by Gasteiger charge is 2.34. The minimum absolute atomic E-state index is 0.118. The molecule has 27 heavy (non-hydrogen) atoms. The number of rotatable bonds is 7. The maximum Gasteiger partial charge on any atom is 0.280 e. The van der Waals surface area contributed by atoms with Crippen molar-refractivity contribution in [1.82, 2.24) is 14.0 Å². The number of nitrogens with zero attached hydrogens (tertiary/aromatic N) is 3. The Hall–Kier alpha value is -1.69. The second kappa shape index (κ2) is 8.13. The van der Waals surface area contributed by atoms with Crippen LogP contribution >= 0.6 is 11.3 Å². The molecule has 1 radical (unpaired) electrons. The first-order chi connectivity index (χ1) is 12.8. The number of hydrogen-bond acceptors (Lipinski definition) is 6. The zero-order chi connectivity index (χ0) is 19.5. The van der Waals surface area contributed by atoms with Gasteiger partial charge in [0.05, 0.1) is 39.3 Å². The van der Waals surface area contributed by atoms with E-state index >= 15 is 0 Å². The van der Waals surface area contributed by atoms with E-state index in [4.69, 9.17) is 0 Å². The van der Waals surface area contributed by atoms with Crippen LogP contribution in [0.1, 0.15) is 15.4 Å². The highest BCUT2D eigenvalue weighted by Crippen LogP contribution is 2.15. The number of piperazine rings is 1. The first-order valence-corrected chi connectivity index (χ1v) is 10.8. The molecule has 0 bridgehead atoms. The van der Waals surface area contributed by atoms with Crippen molar-refractivity contribution in [2.45, 2.75) is 12.5 Å². The SMILES string of the molecule is C[N+]1([O-])CCN(S(=O)(=O)N[C@@H](Cc2ccccc2)C(=O)c2n[c]cs2)CC1. The van der Waals surface area contributed by atoms with Gasteiger partial charge in [-0.15, -0.1) is 11.3 Å². The second-order valence-electron chi connectivity index (χ2n) is 6.65. The normalized spacial score (nSPS) is 18.9. The van der Waals surface area contributed by atoms with Gasteiger partial charge < -0.3 is 9.85 Å². The van der Waals surface area contributed by atoms with Crippen LogP contribution in [0.15, 0.2) is 35.7 Å². The highest BCUT2D eigenvalue weighted by atomic mass is 32.2. The summed E-state index contributed by atoms with van der Waals surface area (Å²) in [5.74, 6) is -0.393. The molecule has 1 aliphatic rings. The van der Waals surface area contributed by atoms with Gasteiger partial charge in [-0.1, -0.05) is 30.3 Å². The molecule has 2 aromatic rings. The number of thiazole rings is 1. The standard InChI is InChI=1S/C17H21N4O4S2/c1-21(23)10-8-20(9-11-21)27(24,25)19-15(13-14-5-3-2-4-6-14)16(22)17-18-7-12-26-17/h2-6,12,15,19H,8-11,13H2,1H3/t15-/m0/s1. The molecule has 3 rings (SSSR count). The van der Waals surface area contributed by atoms with Crippen molar-refractivity contribution in [3.63, 3.8) is 0 Å². The van der Waals surface area contributed by atoms with E-state index in [2.05, 4.69) is 15.9 Å². The molecular formula is C17H21N4O4S2. The number of hydrogen-bond donors (Lipinski definition) is 1. The third-order valence-corrected chi connectivity index (χ3v) is 6.84. The lowest BCUT2D eigenvalue weighted by molar-refractivity contribution is -0.864. The van der Waals surface area contributed by atoms with Crippen LogP contribution in [0.5, 0.6) is 0 Å². The number of likely N-dealkylation sites (N-methyl/N-ethyl adjacent to an activating group) is 1. The molecule has 1 N–H and O–H groups in total. The molecule has 1 saturated heterocycles. The van der Waals surface area contributed by atoms with Crippen molar-refractivity contribution in [1.29, 1.82) is 0 Å². The molecule has 0 spiro atoms. The first kappa shape index (κ1) is 20.1. The zero-order valence-electron chi connectivity index (χ0n) is 14.9. The maximum absolute atomic E-state index is 12.8. The molecule has 1 atom stereocenters. The Morgan fingerprint density at radius 2 is 2.04 bits per heavy atom. The largest absolute Gasteiger partial charge is 0.633 e. The second-order valence-corrected chi connectivity index (χ2v) is 9.21. The van der Waals surface area contributed by atoms with E-state index in [9.17, 15) is 18.4 Å². The molecule has 1 aromatic heterocycles. The summed E-state index contributed by atoms with van der Waals surface area (Å²) in [4.78, 5) is 16.7. The Balaban J connectivity index is 1.79. The van der Waals surface area contributed by atoms with Gasteiger partial charge in [-0.25, -0.2) is 4.98 Å². The molecule has 0 unspecified atom stereocenters. The fourth-order valence-corrected chi connectivity index (χ4v) is 4.78. The molecule has 10 heteroatoms. The Labute approximate surface area is 162 Å². The number of aromatic nitrogens is 1. The van der Waals surface area contributed by atoms with Gasteiger partial charge in [-0.3, -0.25) is 4.79 Å². The quantitative estimate of drug-likeness (QED) is 0.415. The van der Waals surface area contributed by atoms with E-state index in [-0.39, 0.29) is 37.6 Å². The van der Waals surface area contributed by atoms with Gasteiger partial charge in [0.15, 0.2) is 5.01 Å². The van der Waals surface area contributed by atoms with Crippen LogP contribution in [0, 0.1) is 11.4 Å². The number of ketones is 1. The van der Waals surface area contributed by atoms with E-state index in [0.29, 0.717) is 0 Å². The van der Waals surface area contributed by atoms with E-state index in [1.165, 1.54) is 11.4 Å². The van der Waals surface area contributed by atoms with E-state index in [1.807, 2.05) is 30.3 Å². The number of carbonyl (C=O) groups is 1. The summed E-state index contributed by atoms with van der Waals surface area (Å²) in [7, 11) is -2.38. The van der Waals surface area contributed by atoms with E-state index in [1.54, 1.807) is 5.38 Å².